The molecule has 0 fully saturated rings. The Morgan fingerprint density at radius 2 is 1.81 bits per heavy atom. The maximum atomic E-state index is 11.6. The molecule has 0 bridgehead atoms. The summed E-state index contributed by atoms with van der Waals surface area (Å²) in [5, 5.41) is 0.806. The molecule has 5 nitrogen and oxygen atoms in total. The second-order valence-electron chi connectivity index (χ2n) is 4.49. The molecule has 2 aromatic carbocycles. The highest BCUT2D eigenvalue weighted by Crippen LogP contribution is 2.31. The van der Waals surface area contributed by atoms with Gasteiger partial charge in [0.2, 0.25) is 6.08 Å². The van der Waals surface area contributed by atoms with Crippen LogP contribution in [0.25, 0.3) is 16.6 Å². The molecule has 0 aliphatic heterocycles. The van der Waals surface area contributed by atoms with E-state index in [1.807, 2.05) is 30.3 Å². The first-order chi connectivity index (χ1) is 10.2. The maximum absolute atomic E-state index is 11.6. The normalized spacial score (nSPS) is 10.3. The van der Waals surface area contributed by atoms with Crippen LogP contribution in [0, 0.1) is 0 Å². The molecule has 1 heterocycles. The van der Waals surface area contributed by atoms with Crippen LogP contribution in [0.2, 0.25) is 0 Å². The molecule has 0 spiro atoms. The Labute approximate surface area is 120 Å². The smallest absolute Gasteiger partial charge is 0.250 e. The SMILES string of the molecule is NC(=O)c1ccccc1-n1cc(N=C=O)c2ccccc21. The zero-order chi connectivity index (χ0) is 14.8. The molecule has 3 rings (SSSR count). The Morgan fingerprint density at radius 1 is 1.10 bits per heavy atom. The lowest BCUT2D eigenvalue weighted by molar-refractivity contribution is 0.100. The number of carbonyl (C=O) groups excluding carboxylic acids is 2. The number of benzene rings is 2. The number of fused-ring (bicyclic) bond motifs is 1. The number of nitrogens with zero attached hydrogens (tertiary/aromatic N) is 2. The van der Waals surface area contributed by atoms with Crippen molar-refractivity contribution in [1.29, 1.82) is 0 Å². The van der Waals surface area contributed by atoms with Gasteiger partial charge in [-0.25, -0.2) is 4.79 Å². The molecule has 0 radical (unpaired) electrons. The molecule has 0 aliphatic rings. The van der Waals surface area contributed by atoms with E-state index in [2.05, 4.69) is 4.99 Å². The first kappa shape index (κ1) is 12.8. The molecule has 0 saturated heterocycles. The van der Waals surface area contributed by atoms with Crippen LogP contribution in [0.1, 0.15) is 10.4 Å². The van der Waals surface area contributed by atoms with Gasteiger partial charge in [0.15, 0.2) is 0 Å². The predicted molar refractivity (Wildman–Crippen MR) is 79.6 cm³/mol. The van der Waals surface area contributed by atoms with Gasteiger partial charge in [-0.1, -0.05) is 30.3 Å². The van der Waals surface area contributed by atoms with Crippen molar-refractivity contribution in [3.63, 3.8) is 0 Å². The number of hydrogen-bond donors (Lipinski definition) is 1. The van der Waals surface area contributed by atoms with Crippen LogP contribution in [-0.4, -0.2) is 16.6 Å². The van der Waals surface area contributed by atoms with Crippen LogP contribution in [0.15, 0.2) is 59.7 Å². The van der Waals surface area contributed by atoms with Crippen molar-refractivity contribution < 1.29 is 9.59 Å². The quantitative estimate of drug-likeness (QED) is 0.590. The third kappa shape index (κ3) is 2.12. The molecule has 0 saturated carbocycles. The van der Waals surface area contributed by atoms with Gasteiger partial charge in [0.1, 0.15) is 5.69 Å². The monoisotopic (exact) mass is 277 g/mol. The number of nitrogens with two attached hydrogens (primary N) is 1. The second kappa shape index (κ2) is 5.07. The third-order valence-electron chi connectivity index (χ3n) is 3.29. The van der Waals surface area contributed by atoms with E-state index in [1.54, 1.807) is 35.0 Å². The van der Waals surface area contributed by atoms with Gasteiger partial charge in [-0.15, -0.1) is 0 Å². The van der Waals surface area contributed by atoms with E-state index in [1.165, 1.54) is 0 Å². The number of primary amides is 1. The zero-order valence-electron chi connectivity index (χ0n) is 11.0. The molecule has 102 valence electrons. The molecule has 0 unspecified atom stereocenters. The molecule has 5 heteroatoms. The summed E-state index contributed by atoms with van der Waals surface area (Å²) in [6, 6.07) is 14.5. The highest BCUT2D eigenvalue weighted by atomic mass is 16.1. The molecule has 1 amide bonds. The van der Waals surface area contributed by atoms with Gasteiger partial charge in [-0.3, -0.25) is 4.79 Å². The molecule has 3 aromatic rings. The Morgan fingerprint density at radius 3 is 2.57 bits per heavy atom. The van der Waals surface area contributed by atoms with Crippen molar-refractivity contribution in [1.82, 2.24) is 4.57 Å². The number of aliphatic imine (C=N–C) groups is 1. The summed E-state index contributed by atoms with van der Waals surface area (Å²) < 4.78 is 1.80. The molecule has 0 aliphatic carbocycles. The van der Waals surface area contributed by atoms with Crippen molar-refractivity contribution >= 4 is 28.6 Å². The van der Waals surface area contributed by atoms with Crippen LogP contribution < -0.4 is 5.73 Å². The van der Waals surface area contributed by atoms with Gasteiger partial charge in [0, 0.05) is 11.6 Å². The number of amides is 1. The summed E-state index contributed by atoms with van der Waals surface area (Å²) in [4.78, 5) is 25.9. The fraction of sp³-hybridized carbons (Fsp3) is 0. The summed E-state index contributed by atoms with van der Waals surface area (Å²) in [5.74, 6) is -0.510. The van der Waals surface area contributed by atoms with Gasteiger partial charge >= 0.3 is 0 Å². The molecule has 1 aromatic heterocycles. The Balaban J connectivity index is 2.36. The van der Waals surface area contributed by atoms with E-state index in [-0.39, 0.29) is 0 Å². The molecule has 0 atom stereocenters. The van der Waals surface area contributed by atoms with E-state index in [0.717, 1.165) is 10.9 Å². The van der Waals surface area contributed by atoms with Crippen LogP contribution in [-0.2, 0) is 4.79 Å². The summed E-state index contributed by atoms with van der Waals surface area (Å²) in [6.45, 7) is 0. The average Bonchev–Trinajstić information content (AvgIpc) is 2.87. The molecular weight excluding hydrogens is 266 g/mol. The van der Waals surface area contributed by atoms with Crippen molar-refractivity contribution in [2.24, 2.45) is 10.7 Å². The van der Waals surface area contributed by atoms with E-state index in [0.29, 0.717) is 16.9 Å². The second-order valence-corrected chi connectivity index (χ2v) is 4.49. The van der Waals surface area contributed by atoms with Crippen LogP contribution in [0.3, 0.4) is 0 Å². The largest absolute Gasteiger partial charge is 0.366 e. The van der Waals surface area contributed by atoms with Crippen LogP contribution in [0.4, 0.5) is 5.69 Å². The first-order valence-corrected chi connectivity index (χ1v) is 6.29. The summed E-state index contributed by atoms with van der Waals surface area (Å²) >= 11 is 0. The summed E-state index contributed by atoms with van der Waals surface area (Å²) in [6.07, 6.45) is 3.24. The molecular formula is C16H11N3O2. The van der Waals surface area contributed by atoms with Crippen molar-refractivity contribution in [3.8, 4) is 5.69 Å². The standard InChI is InChI=1S/C16H11N3O2/c17-16(21)12-6-2-4-8-15(12)19-9-13(18-10-20)11-5-1-3-7-14(11)19/h1-9H,(H2,17,21). The lowest BCUT2D eigenvalue weighted by atomic mass is 10.1. The number of rotatable bonds is 3. The highest BCUT2D eigenvalue weighted by Gasteiger charge is 2.13. The van der Waals surface area contributed by atoms with Crippen molar-refractivity contribution in [2.45, 2.75) is 0 Å². The minimum Gasteiger partial charge on any atom is -0.366 e. The highest BCUT2D eigenvalue weighted by molar-refractivity contribution is 5.99. The fourth-order valence-electron chi connectivity index (χ4n) is 2.39. The zero-order valence-corrected chi connectivity index (χ0v) is 11.0. The summed E-state index contributed by atoms with van der Waals surface area (Å²) in [5.41, 5.74) is 7.81. The topological polar surface area (TPSA) is 77.5 Å². The Bertz CT molecular complexity index is 889. The fourth-order valence-corrected chi connectivity index (χ4v) is 2.39. The lowest BCUT2D eigenvalue weighted by Gasteiger charge is -2.09. The summed E-state index contributed by atoms with van der Waals surface area (Å²) in [7, 11) is 0. The maximum Gasteiger partial charge on any atom is 0.250 e. The van der Waals surface area contributed by atoms with Gasteiger partial charge in [-0.2, -0.15) is 4.99 Å². The van der Waals surface area contributed by atoms with E-state index in [4.69, 9.17) is 5.73 Å². The number of para-hydroxylation sites is 2. The number of isocyanates is 1. The minimum absolute atomic E-state index is 0.403. The predicted octanol–water partition coefficient (Wildman–Crippen LogP) is 2.70. The van der Waals surface area contributed by atoms with Crippen molar-refractivity contribution in [3.05, 3.63) is 60.3 Å². The van der Waals surface area contributed by atoms with E-state index < -0.39 is 5.91 Å². The number of aromatic nitrogens is 1. The number of hydrogen-bond acceptors (Lipinski definition) is 3. The Hall–Kier alpha value is -3.17. The van der Waals surface area contributed by atoms with Gasteiger partial charge in [0.05, 0.1) is 16.8 Å². The Kier molecular flexibility index (Phi) is 3.10. The van der Waals surface area contributed by atoms with Crippen molar-refractivity contribution in [2.75, 3.05) is 0 Å². The van der Waals surface area contributed by atoms with Crippen LogP contribution in [0.5, 0.6) is 0 Å². The van der Waals surface area contributed by atoms with Crippen LogP contribution >= 0.6 is 0 Å². The molecule has 21 heavy (non-hydrogen) atoms. The minimum atomic E-state index is -0.510. The molecule has 2 N–H and O–H groups in total. The number of carbonyl (C=O) groups is 1. The average molecular weight is 277 g/mol. The van der Waals surface area contributed by atoms with Gasteiger partial charge < -0.3 is 10.3 Å². The van der Waals surface area contributed by atoms with Gasteiger partial charge in [-0.05, 0) is 18.2 Å². The van der Waals surface area contributed by atoms with Gasteiger partial charge in [0.25, 0.3) is 5.91 Å². The lowest BCUT2D eigenvalue weighted by Crippen LogP contribution is -2.14. The third-order valence-corrected chi connectivity index (χ3v) is 3.29. The van der Waals surface area contributed by atoms with E-state index >= 15 is 0 Å². The van der Waals surface area contributed by atoms with E-state index in [9.17, 15) is 9.59 Å². The first-order valence-electron chi connectivity index (χ1n) is 6.29.